The van der Waals surface area contributed by atoms with Gasteiger partial charge in [0.05, 0.1) is 11.1 Å². The summed E-state index contributed by atoms with van der Waals surface area (Å²) >= 11 is 0. The molecule has 0 saturated carbocycles. The molecule has 5 nitrogen and oxygen atoms in total. The van der Waals surface area contributed by atoms with E-state index in [-0.39, 0.29) is 11.5 Å². The van der Waals surface area contributed by atoms with Crippen LogP contribution in [0.2, 0.25) is 0 Å². The number of nitrogens with zero attached hydrogens (tertiary/aromatic N) is 2. The average molecular weight is 321 g/mol. The van der Waals surface area contributed by atoms with Crippen molar-refractivity contribution in [1.82, 2.24) is 4.57 Å². The van der Waals surface area contributed by atoms with Crippen LogP contribution in [-0.4, -0.2) is 24.6 Å². The van der Waals surface area contributed by atoms with Crippen molar-refractivity contribution in [3.05, 3.63) is 70.5 Å². The maximum Gasteiger partial charge on any atom is 0.256 e. The highest BCUT2D eigenvalue weighted by atomic mass is 16.2. The van der Waals surface area contributed by atoms with Crippen LogP contribution in [0, 0.1) is 0 Å². The van der Waals surface area contributed by atoms with Gasteiger partial charge in [0.2, 0.25) is 0 Å². The number of amides is 1. The maximum atomic E-state index is 12.6. The van der Waals surface area contributed by atoms with Crippen molar-refractivity contribution in [3.63, 3.8) is 0 Å². The molecule has 1 N–H and O–H groups in total. The standard InChI is InChI=1S/C19H19N3O2/c1-21(2)14-10-8-13(9-11-14)20-19(24)16-12-18(23)22(3)17-7-5-4-6-15(16)17/h4-12H,1-3H3,(H,20,24). The van der Waals surface area contributed by atoms with Crippen molar-refractivity contribution >= 4 is 28.2 Å². The van der Waals surface area contributed by atoms with Gasteiger partial charge in [0, 0.05) is 44.0 Å². The molecule has 0 atom stereocenters. The lowest BCUT2D eigenvalue weighted by Gasteiger charge is -2.14. The van der Waals surface area contributed by atoms with E-state index in [1.165, 1.54) is 10.6 Å². The Morgan fingerprint density at radius 2 is 1.71 bits per heavy atom. The zero-order valence-electron chi connectivity index (χ0n) is 13.9. The highest BCUT2D eigenvalue weighted by Gasteiger charge is 2.13. The Bertz CT molecular complexity index is 957. The molecule has 0 spiro atoms. The number of pyridine rings is 1. The Kier molecular flexibility index (Phi) is 4.08. The number of para-hydroxylation sites is 1. The third-order valence-electron chi connectivity index (χ3n) is 4.04. The molecule has 3 aromatic rings. The minimum absolute atomic E-state index is 0.207. The van der Waals surface area contributed by atoms with Gasteiger partial charge in [0.25, 0.3) is 11.5 Å². The molecular formula is C19H19N3O2. The van der Waals surface area contributed by atoms with Crippen LogP contribution in [-0.2, 0) is 7.05 Å². The normalized spacial score (nSPS) is 10.6. The Hall–Kier alpha value is -3.08. The van der Waals surface area contributed by atoms with Gasteiger partial charge in [-0.15, -0.1) is 0 Å². The maximum absolute atomic E-state index is 12.6. The van der Waals surface area contributed by atoms with E-state index in [0.717, 1.165) is 16.6 Å². The summed E-state index contributed by atoms with van der Waals surface area (Å²) in [5.41, 5.74) is 2.65. The fraction of sp³-hybridized carbons (Fsp3) is 0.158. The van der Waals surface area contributed by atoms with E-state index in [1.54, 1.807) is 7.05 Å². The van der Waals surface area contributed by atoms with Gasteiger partial charge >= 0.3 is 0 Å². The van der Waals surface area contributed by atoms with Gasteiger partial charge in [-0.3, -0.25) is 9.59 Å². The lowest BCUT2D eigenvalue weighted by atomic mass is 10.1. The summed E-state index contributed by atoms with van der Waals surface area (Å²) in [5, 5.41) is 3.61. The summed E-state index contributed by atoms with van der Waals surface area (Å²) < 4.78 is 1.54. The number of carbonyl (C=O) groups excluding carboxylic acids is 1. The summed E-state index contributed by atoms with van der Waals surface area (Å²) in [6.07, 6.45) is 0. The SMILES string of the molecule is CN(C)c1ccc(NC(=O)c2cc(=O)n(C)c3ccccc23)cc1. The second kappa shape index (κ2) is 6.20. The fourth-order valence-electron chi connectivity index (χ4n) is 2.64. The molecule has 24 heavy (non-hydrogen) atoms. The smallest absolute Gasteiger partial charge is 0.256 e. The van der Waals surface area contributed by atoms with Crippen LogP contribution in [0.15, 0.2) is 59.4 Å². The Morgan fingerprint density at radius 3 is 2.38 bits per heavy atom. The number of nitrogens with one attached hydrogen (secondary N) is 1. The van der Waals surface area contributed by atoms with Crippen LogP contribution in [0.3, 0.4) is 0 Å². The first-order chi connectivity index (χ1) is 11.5. The number of rotatable bonds is 3. The second-order valence-corrected chi connectivity index (χ2v) is 5.87. The molecule has 0 aliphatic rings. The number of aromatic nitrogens is 1. The van der Waals surface area contributed by atoms with Gasteiger partial charge < -0.3 is 14.8 Å². The first-order valence-corrected chi connectivity index (χ1v) is 7.65. The van der Waals surface area contributed by atoms with Gasteiger partial charge in [-0.2, -0.15) is 0 Å². The first kappa shape index (κ1) is 15.8. The van der Waals surface area contributed by atoms with Gasteiger partial charge in [-0.05, 0) is 30.3 Å². The number of hydrogen-bond donors (Lipinski definition) is 1. The molecule has 2 aromatic carbocycles. The van der Waals surface area contributed by atoms with Crippen LogP contribution in [0.1, 0.15) is 10.4 Å². The largest absolute Gasteiger partial charge is 0.378 e. The number of carbonyl (C=O) groups is 1. The molecule has 0 aliphatic carbocycles. The van der Waals surface area contributed by atoms with Gasteiger partial charge in [-0.1, -0.05) is 18.2 Å². The van der Waals surface area contributed by atoms with Crippen LogP contribution in [0.4, 0.5) is 11.4 Å². The van der Waals surface area contributed by atoms with E-state index in [4.69, 9.17) is 0 Å². The van der Waals surface area contributed by atoms with Crippen molar-refractivity contribution in [2.24, 2.45) is 7.05 Å². The number of hydrogen-bond acceptors (Lipinski definition) is 3. The molecular weight excluding hydrogens is 302 g/mol. The molecule has 122 valence electrons. The summed E-state index contributed by atoms with van der Waals surface area (Å²) in [6.45, 7) is 0. The van der Waals surface area contributed by atoms with Gasteiger partial charge in [0.15, 0.2) is 0 Å². The summed E-state index contributed by atoms with van der Waals surface area (Å²) in [5.74, 6) is -0.290. The van der Waals surface area contributed by atoms with Crippen LogP contribution in [0.5, 0.6) is 0 Å². The van der Waals surface area contributed by atoms with Crippen LogP contribution < -0.4 is 15.8 Å². The van der Waals surface area contributed by atoms with E-state index >= 15 is 0 Å². The number of fused-ring (bicyclic) bond motifs is 1. The average Bonchev–Trinajstić information content (AvgIpc) is 2.58. The molecule has 0 aliphatic heterocycles. The third-order valence-corrected chi connectivity index (χ3v) is 4.04. The van der Waals surface area contributed by atoms with E-state index in [9.17, 15) is 9.59 Å². The summed E-state index contributed by atoms with van der Waals surface area (Å²) in [7, 11) is 5.62. The van der Waals surface area contributed by atoms with Crippen molar-refractivity contribution in [2.75, 3.05) is 24.3 Å². The van der Waals surface area contributed by atoms with E-state index < -0.39 is 0 Å². The first-order valence-electron chi connectivity index (χ1n) is 7.65. The lowest BCUT2D eigenvalue weighted by molar-refractivity contribution is 0.102. The Balaban J connectivity index is 1.97. The van der Waals surface area contributed by atoms with Gasteiger partial charge in [0.1, 0.15) is 0 Å². The number of anilines is 2. The molecule has 0 radical (unpaired) electrons. The van der Waals surface area contributed by atoms with Crippen molar-refractivity contribution in [1.29, 1.82) is 0 Å². The summed E-state index contributed by atoms with van der Waals surface area (Å²) in [6, 6.07) is 16.3. The van der Waals surface area contributed by atoms with E-state index in [2.05, 4.69) is 5.32 Å². The Labute approximate surface area is 140 Å². The predicted octanol–water partition coefficient (Wildman–Crippen LogP) is 2.86. The zero-order valence-corrected chi connectivity index (χ0v) is 13.9. The molecule has 5 heteroatoms. The van der Waals surface area contributed by atoms with Crippen LogP contribution in [0.25, 0.3) is 10.9 Å². The molecule has 0 fully saturated rings. The zero-order chi connectivity index (χ0) is 17.3. The molecule has 0 saturated heterocycles. The molecule has 0 unspecified atom stereocenters. The molecule has 3 rings (SSSR count). The second-order valence-electron chi connectivity index (χ2n) is 5.87. The van der Waals surface area contributed by atoms with E-state index in [1.807, 2.05) is 67.5 Å². The predicted molar refractivity (Wildman–Crippen MR) is 97.9 cm³/mol. The van der Waals surface area contributed by atoms with Gasteiger partial charge in [-0.25, -0.2) is 0 Å². The van der Waals surface area contributed by atoms with Crippen LogP contribution >= 0.6 is 0 Å². The van der Waals surface area contributed by atoms with Crippen molar-refractivity contribution in [2.45, 2.75) is 0 Å². The highest BCUT2D eigenvalue weighted by molar-refractivity contribution is 6.12. The third kappa shape index (κ3) is 2.88. The fourth-order valence-corrected chi connectivity index (χ4v) is 2.64. The lowest BCUT2D eigenvalue weighted by Crippen LogP contribution is -2.21. The Morgan fingerprint density at radius 1 is 1.04 bits per heavy atom. The number of aryl methyl sites for hydroxylation is 1. The molecule has 1 aromatic heterocycles. The monoisotopic (exact) mass is 321 g/mol. The van der Waals surface area contributed by atoms with Crippen molar-refractivity contribution in [3.8, 4) is 0 Å². The summed E-state index contributed by atoms with van der Waals surface area (Å²) in [4.78, 5) is 26.7. The minimum atomic E-state index is -0.290. The topological polar surface area (TPSA) is 54.3 Å². The number of benzene rings is 2. The highest BCUT2D eigenvalue weighted by Crippen LogP contribution is 2.19. The molecule has 1 amide bonds. The quantitative estimate of drug-likeness (QED) is 0.807. The van der Waals surface area contributed by atoms with Crippen molar-refractivity contribution < 1.29 is 4.79 Å². The molecule has 0 bridgehead atoms. The molecule has 1 heterocycles. The van der Waals surface area contributed by atoms with E-state index in [0.29, 0.717) is 11.3 Å². The minimum Gasteiger partial charge on any atom is -0.378 e.